The van der Waals surface area contributed by atoms with Crippen LogP contribution in [0.2, 0.25) is 0 Å². The maximum Gasteiger partial charge on any atom is 0.410 e. The van der Waals surface area contributed by atoms with E-state index in [4.69, 9.17) is 16.3 Å². The molecule has 2 rings (SSSR count). The highest BCUT2D eigenvalue weighted by Crippen LogP contribution is 2.19. The standard InChI is InChI=1S/C15H18ClNO3/c16-8-4-7-13-9-17(10-14(13)18)15(19)20-11-12-5-2-1-3-6-12/h1-3,5-6,13H,4,7-11H2. The topological polar surface area (TPSA) is 46.6 Å². The number of carbonyl (C=O) groups excluding carboxylic acids is 2. The fourth-order valence-electron chi connectivity index (χ4n) is 2.28. The molecule has 0 spiro atoms. The molecule has 4 nitrogen and oxygen atoms in total. The summed E-state index contributed by atoms with van der Waals surface area (Å²) in [6.45, 7) is 0.834. The molecular weight excluding hydrogens is 278 g/mol. The monoisotopic (exact) mass is 295 g/mol. The first kappa shape index (κ1) is 14.9. The lowest BCUT2D eigenvalue weighted by molar-refractivity contribution is -0.119. The second kappa shape index (κ2) is 7.29. The number of nitrogens with zero attached hydrogens (tertiary/aromatic N) is 1. The zero-order valence-electron chi connectivity index (χ0n) is 11.3. The highest BCUT2D eigenvalue weighted by molar-refractivity contribution is 6.17. The van der Waals surface area contributed by atoms with Crippen LogP contribution in [-0.2, 0) is 16.1 Å². The summed E-state index contributed by atoms with van der Waals surface area (Å²) in [5.41, 5.74) is 0.935. The number of rotatable bonds is 5. The van der Waals surface area contributed by atoms with Crippen LogP contribution < -0.4 is 0 Å². The van der Waals surface area contributed by atoms with Crippen LogP contribution in [0.3, 0.4) is 0 Å². The van der Waals surface area contributed by atoms with Gasteiger partial charge in [0.25, 0.3) is 0 Å². The van der Waals surface area contributed by atoms with E-state index in [9.17, 15) is 9.59 Å². The lowest BCUT2D eigenvalue weighted by Gasteiger charge is -2.15. The zero-order valence-corrected chi connectivity index (χ0v) is 12.0. The summed E-state index contributed by atoms with van der Waals surface area (Å²) in [7, 11) is 0. The van der Waals surface area contributed by atoms with Gasteiger partial charge >= 0.3 is 6.09 Å². The smallest absolute Gasteiger partial charge is 0.410 e. The molecule has 1 atom stereocenters. The van der Waals surface area contributed by atoms with Gasteiger partial charge in [0.15, 0.2) is 5.78 Å². The molecule has 0 aromatic heterocycles. The van der Waals surface area contributed by atoms with Crippen molar-refractivity contribution in [1.82, 2.24) is 4.90 Å². The highest BCUT2D eigenvalue weighted by atomic mass is 35.5. The van der Waals surface area contributed by atoms with Crippen LogP contribution >= 0.6 is 11.6 Å². The quantitative estimate of drug-likeness (QED) is 0.785. The Labute approximate surface area is 123 Å². The third-order valence-electron chi connectivity index (χ3n) is 3.39. The van der Waals surface area contributed by atoms with Gasteiger partial charge in [-0.25, -0.2) is 4.79 Å². The summed E-state index contributed by atoms with van der Waals surface area (Å²) in [6.07, 6.45) is 1.12. The van der Waals surface area contributed by atoms with E-state index in [-0.39, 0.29) is 24.9 Å². The van der Waals surface area contributed by atoms with Crippen molar-refractivity contribution in [2.45, 2.75) is 19.4 Å². The average molecular weight is 296 g/mol. The number of alkyl halides is 1. The Morgan fingerprint density at radius 2 is 2.10 bits per heavy atom. The normalized spacial score (nSPS) is 18.4. The Morgan fingerprint density at radius 1 is 1.35 bits per heavy atom. The molecule has 0 N–H and O–H groups in total. The van der Waals surface area contributed by atoms with Crippen molar-refractivity contribution in [3.63, 3.8) is 0 Å². The van der Waals surface area contributed by atoms with Gasteiger partial charge in [0.2, 0.25) is 0 Å². The minimum absolute atomic E-state index is 0.0852. The van der Waals surface area contributed by atoms with Crippen molar-refractivity contribution in [2.24, 2.45) is 5.92 Å². The van der Waals surface area contributed by atoms with E-state index in [1.54, 1.807) is 0 Å². The summed E-state index contributed by atoms with van der Waals surface area (Å²) < 4.78 is 5.22. The molecule has 1 amide bonds. The number of halogens is 1. The van der Waals surface area contributed by atoms with Crippen molar-refractivity contribution in [3.05, 3.63) is 35.9 Å². The van der Waals surface area contributed by atoms with Crippen molar-refractivity contribution < 1.29 is 14.3 Å². The van der Waals surface area contributed by atoms with Gasteiger partial charge in [-0.05, 0) is 18.4 Å². The molecule has 108 valence electrons. The fraction of sp³-hybridized carbons (Fsp3) is 0.467. The fourth-order valence-corrected chi connectivity index (χ4v) is 2.43. The molecule has 0 bridgehead atoms. The van der Waals surface area contributed by atoms with Gasteiger partial charge in [-0.3, -0.25) is 4.79 Å². The van der Waals surface area contributed by atoms with Crippen molar-refractivity contribution in [1.29, 1.82) is 0 Å². The molecule has 1 aliphatic rings. The number of carbonyl (C=O) groups is 2. The van der Waals surface area contributed by atoms with Gasteiger partial charge in [0.1, 0.15) is 6.61 Å². The third-order valence-corrected chi connectivity index (χ3v) is 3.66. The van der Waals surface area contributed by atoms with E-state index in [1.165, 1.54) is 4.90 Å². The predicted molar refractivity (Wildman–Crippen MR) is 76.7 cm³/mol. The number of hydrogen-bond donors (Lipinski definition) is 0. The van der Waals surface area contributed by atoms with Crippen LogP contribution in [0.25, 0.3) is 0 Å². The Kier molecular flexibility index (Phi) is 5.41. The van der Waals surface area contributed by atoms with Gasteiger partial charge in [-0.1, -0.05) is 30.3 Å². The van der Waals surface area contributed by atoms with Crippen molar-refractivity contribution >= 4 is 23.5 Å². The van der Waals surface area contributed by atoms with Gasteiger partial charge in [0.05, 0.1) is 6.54 Å². The molecule has 5 heteroatoms. The SMILES string of the molecule is O=C1CN(C(=O)OCc2ccccc2)CC1CCCCl. The average Bonchev–Trinajstić information content (AvgIpc) is 2.85. The van der Waals surface area contributed by atoms with E-state index in [0.29, 0.717) is 12.4 Å². The molecule has 1 heterocycles. The van der Waals surface area contributed by atoms with E-state index in [0.717, 1.165) is 18.4 Å². The highest BCUT2D eigenvalue weighted by Gasteiger charge is 2.33. The third kappa shape index (κ3) is 3.97. The van der Waals surface area contributed by atoms with Gasteiger partial charge in [0, 0.05) is 18.3 Å². The number of Topliss-reactive ketones (excluding diaryl/α,β-unsaturated/α-hetero) is 1. The number of hydrogen-bond acceptors (Lipinski definition) is 3. The largest absolute Gasteiger partial charge is 0.445 e. The molecule has 20 heavy (non-hydrogen) atoms. The lowest BCUT2D eigenvalue weighted by Crippen LogP contribution is -2.29. The molecule has 0 aliphatic carbocycles. The Balaban J connectivity index is 1.80. The molecule has 1 fully saturated rings. The summed E-state index contributed by atoms with van der Waals surface area (Å²) in [4.78, 5) is 25.2. The van der Waals surface area contributed by atoms with E-state index < -0.39 is 6.09 Å². The van der Waals surface area contributed by atoms with Crippen LogP contribution in [-0.4, -0.2) is 35.7 Å². The summed E-state index contributed by atoms with van der Waals surface area (Å²) in [5, 5.41) is 0. The van der Waals surface area contributed by atoms with E-state index >= 15 is 0 Å². The van der Waals surface area contributed by atoms with Crippen LogP contribution in [0.1, 0.15) is 18.4 Å². The lowest BCUT2D eigenvalue weighted by atomic mass is 10.0. The van der Waals surface area contributed by atoms with E-state index in [2.05, 4.69) is 0 Å². The van der Waals surface area contributed by atoms with Crippen LogP contribution in [0.5, 0.6) is 0 Å². The summed E-state index contributed by atoms with van der Waals surface area (Å²) >= 11 is 5.63. The van der Waals surface area contributed by atoms with Crippen molar-refractivity contribution in [3.8, 4) is 0 Å². The number of likely N-dealkylation sites (tertiary alicyclic amines) is 1. The first-order valence-corrected chi connectivity index (χ1v) is 7.28. The van der Waals surface area contributed by atoms with E-state index in [1.807, 2.05) is 30.3 Å². The molecule has 1 saturated heterocycles. The molecule has 1 aliphatic heterocycles. The Hall–Kier alpha value is -1.55. The number of amides is 1. The van der Waals surface area contributed by atoms with Crippen LogP contribution in [0, 0.1) is 5.92 Å². The first-order chi connectivity index (χ1) is 9.70. The Bertz CT molecular complexity index is 463. The van der Waals surface area contributed by atoms with Gasteiger partial charge in [-0.2, -0.15) is 0 Å². The Morgan fingerprint density at radius 3 is 2.80 bits per heavy atom. The molecule has 0 saturated carbocycles. The van der Waals surface area contributed by atoms with Crippen molar-refractivity contribution in [2.75, 3.05) is 19.0 Å². The molecular formula is C15H18ClNO3. The van der Waals surface area contributed by atoms with Crippen LogP contribution in [0.15, 0.2) is 30.3 Å². The van der Waals surface area contributed by atoms with Crippen LogP contribution in [0.4, 0.5) is 4.79 Å². The minimum Gasteiger partial charge on any atom is -0.445 e. The zero-order chi connectivity index (χ0) is 14.4. The minimum atomic E-state index is -0.421. The number of benzene rings is 1. The van der Waals surface area contributed by atoms with Gasteiger partial charge < -0.3 is 9.64 Å². The number of ketones is 1. The molecule has 1 aromatic rings. The second-order valence-electron chi connectivity index (χ2n) is 4.92. The molecule has 0 radical (unpaired) electrons. The first-order valence-electron chi connectivity index (χ1n) is 6.75. The molecule has 1 aromatic carbocycles. The summed E-state index contributed by atoms with van der Waals surface area (Å²) in [5.74, 6) is 0.562. The predicted octanol–water partition coefficient (Wildman–Crippen LogP) is 2.84. The second-order valence-corrected chi connectivity index (χ2v) is 5.29. The molecule has 1 unspecified atom stereocenters. The summed E-state index contributed by atoms with van der Waals surface area (Å²) in [6, 6.07) is 9.48. The maximum atomic E-state index is 11.9. The van der Waals surface area contributed by atoms with Gasteiger partial charge in [-0.15, -0.1) is 11.6 Å². The maximum absolute atomic E-state index is 11.9. The number of ether oxygens (including phenoxy) is 1.